The van der Waals surface area contributed by atoms with E-state index in [-0.39, 0.29) is 0 Å². The van der Waals surface area contributed by atoms with Crippen LogP contribution in [0.15, 0.2) is 0 Å². The normalized spacial score (nSPS) is 19.4. The molecule has 22 heavy (non-hydrogen) atoms. The molecule has 5 heteroatoms. The summed E-state index contributed by atoms with van der Waals surface area (Å²) >= 11 is 0. The van der Waals surface area contributed by atoms with E-state index in [1.807, 2.05) is 0 Å². The highest BCUT2D eigenvalue weighted by Crippen LogP contribution is 2.15. The summed E-state index contributed by atoms with van der Waals surface area (Å²) in [5, 5.41) is 0. The van der Waals surface area contributed by atoms with Crippen molar-refractivity contribution in [2.45, 2.75) is 65.2 Å². The van der Waals surface area contributed by atoms with Gasteiger partial charge in [-0.15, -0.1) is 0 Å². The van der Waals surface area contributed by atoms with Gasteiger partial charge in [0.1, 0.15) is 0 Å². The minimum absolute atomic E-state index is 0.345. The van der Waals surface area contributed by atoms with Crippen LogP contribution >= 0.6 is 0 Å². The second-order valence-corrected chi connectivity index (χ2v) is 9.16. The van der Waals surface area contributed by atoms with E-state index in [2.05, 4.69) is 20.9 Å². The van der Waals surface area contributed by atoms with Crippen LogP contribution in [0.25, 0.3) is 0 Å². The topological polar surface area (TPSA) is 37.4 Å². The summed E-state index contributed by atoms with van der Waals surface area (Å²) in [5.41, 5.74) is 0. The molecule has 1 aliphatic heterocycles. The van der Waals surface area contributed by atoms with Gasteiger partial charge in [-0.1, -0.05) is 51.9 Å². The number of sulfonamides is 1. The summed E-state index contributed by atoms with van der Waals surface area (Å²) in [5.74, 6) is 0.345. The van der Waals surface area contributed by atoms with E-state index in [1.165, 1.54) is 38.5 Å². The smallest absolute Gasteiger partial charge is 0.214 e. The predicted molar refractivity (Wildman–Crippen MR) is 94.4 cm³/mol. The zero-order valence-corrected chi connectivity index (χ0v) is 15.8. The number of hydrogen-bond acceptors (Lipinski definition) is 2. The highest BCUT2D eigenvalue weighted by molar-refractivity contribution is 7.89. The standard InChI is InChI=1S/C17H37N2O2S/c1-4-6-7-8-9-10-11-12-17-22(20,21)18-13-15-19(3,5-2)16-14-18/h4-17H2,1-3H3/q+1. The third-order valence-electron chi connectivity index (χ3n) is 5.19. The minimum atomic E-state index is -3.02. The Bertz CT molecular complexity index is 387. The van der Waals surface area contributed by atoms with Gasteiger partial charge in [-0.3, -0.25) is 0 Å². The van der Waals surface area contributed by atoms with E-state index in [0.29, 0.717) is 18.8 Å². The van der Waals surface area contributed by atoms with E-state index in [1.54, 1.807) is 4.31 Å². The second-order valence-electron chi connectivity index (χ2n) is 7.07. The molecule has 4 nitrogen and oxygen atoms in total. The quantitative estimate of drug-likeness (QED) is 0.430. The summed E-state index contributed by atoms with van der Waals surface area (Å²) in [6.07, 6.45) is 9.58. The number of likely N-dealkylation sites (N-methyl/N-ethyl adjacent to an activating group) is 1. The average Bonchev–Trinajstić information content (AvgIpc) is 2.50. The van der Waals surface area contributed by atoms with Crippen LogP contribution < -0.4 is 0 Å². The first-order valence-corrected chi connectivity index (χ1v) is 10.9. The lowest BCUT2D eigenvalue weighted by Gasteiger charge is -2.40. The van der Waals surface area contributed by atoms with Gasteiger partial charge in [0, 0.05) is 0 Å². The van der Waals surface area contributed by atoms with E-state index in [4.69, 9.17) is 0 Å². The zero-order chi connectivity index (χ0) is 16.5. The van der Waals surface area contributed by atoms with Gasteiger partial charge in [-0.2, -0.15) is 4.31 Å². The highest BCUT2D eigenvalue weighted by Gasteiger charge is 2.32. The van der Waals surface area contributed by atoms with E-state index in [9.17, 15) is 8.42 Å². The summed E-state index contributed by atoms with van der Waals surface area (Å²) in [4.78, 5) is 0. The van der Waals surface area contributed by atoms with Gasteiger partial charge >= 0.3 is 0 Å². The minimum Gasteiger partial charge on any atom is -0.324 e. The fourth-order valence-electron chi connectivity index (χ4n) is 3.07. The van der Waals surface area contributed by atoms with E-state index in [0.717, 1.165) is 37.0 Å². The zero-order valence-electron chi connectivity index (χ0n) is 15.0. The number of nitrogens with zero attached hydrogens (tertiary/aromatic N) is 2. The van der Waals surface area contributed by atoms with Gasteiger partial charge in [-0.25, -0.2) is 8.42 Å². The Morgan fingerprint density at radius 1 is 0.864 bits per heavy atom. The molecule has 0 unspecified atom stereocenters. The van der Waals surface area contributed by atoms with Crippen LogP contribution in [-0.2, 0) is 10.0 Å². The molecule has 1 fully saturated rings. The molecule has 0 saturated carbocycles. The maximum Gasteiger partial charge on any atom is 0.214 e. The first kappa shape index (κ1) is 19.9. The molecule has 0 aromatic rings. The molecule has 0 bridgehead atoms. The fraction of sp³-hybridized carbons (Fsp3) is 1.00. The molecule has 0 amide bonds. The predicted octanol–water partition coefficient (Wildman–Crippen LogP) is 3.24. The maximum absolute atomic E-state index is 12.4. The fourth-order valence-corrected chi connectivity index (χ4v) is 4.62. The molecule has 0 spiro atoms. The molecular weight excluding hydrogens is 296 g/mol. The molecule has 132 valence electrons. The Labute approximate surface area is 138 Å². The van der Waals surface area contributed by atoms with Crippen molar-refractivity contribution in [3.05, 3.63) is 0 Å². The lowest BCUT2D eigenvalue weighted by molar-refractivity contribution is -0.911. The molecule has 0 aliphatic carbocycles. The SMILES string of the molecule is CCCCCCCCCCS(=O)(=O)N1CC[N+](C)(CC)CC1. The number of quaternary nitrogens is 1. The maximum atomic E-state index is 12.4. The molecule has 1 rings (SSSR count). The van der Waals surface area contributed by atoms with Crippen molar-refractivity contribution in [1.82, 2.24) is 4.31 Å². The third-order valence-corrected chi connectivity index (χ3v) is 7.15. The van der Waals surface area contributed by atoms with Crippen molar-refractivity contribution in [3.63, 3.8) is 0 Å². The van der Waals surface area contributed by atoms with Gasteiger partial charge in [0.2, 0.25) is 10.0 Å². The van der Waals surface area contributed by atoms with Gasteiger partial charge in [0.15, 0.2) is 0 Å². The Morgan fingerprint density at radius 3 is 1.86 bits per heavy atom. The van der Waals surface area contributed by atoms with Crippen molar-refractivity contribution < 1.29 is 12.9 Å². The Balaban J connectivity index is 2.17. The van der Waals surface area contributed by atoms with Crippen LogP contribution in [0.3, 0.4) is 0 Å². The first-order valence-electron chi connectivity index (χ1n) is 9.25. The van der Waals surface area contributed by atoms with Crippen molar-refractivity contribution in [3.8, 4) is 0 Å². The molecule has 1 aliphatic rings. The summed E-state index contributed by atoms with van der Waals surface area (Å²) < 4.78 is 27.5. The molecule has 0 radical (unpaired) electrons. The van der Waals surface area contributed by atoms with E-state index >= 15 is 0 Å². The number of hydrogen-bond donors (Lipinski definition) is 0. The van der Waals surface area contributed by atoms with Crippen LogP contribution in [0.5, 0.6) is 0 Å². The summed E-state index contributed by atoms with van der Waals surface area (Å²) in [7, 11) is -0.795. The van der Waals surface area contributed by atoms with Crippen LogP contribution in [0.2, 0.25) is 0 Å². The largest absolute Gasteiger partial charge is 0.324 e. The molecule has 0 aromatic carbocycles. The van der Waals surface area contributed by atoms with Gasteiger partial charge in [0.25, 0.3) is 0 Å². The number of rotatable bonds is 11. The first-order chi connectivity index (χ1) is 10.4. The van der Waals surface area contributed by atoms with Crippen LogP contribution in [-0.4, -0.2) is 62.7 Å². The third kappa shape index (κ3) is 6.97. The lowest BCUT2D eigenvalue weighted by Crippen LogP contribution is -2.58. The second kappa shape index (κ2) is 9.89. The molecule has 0 atom stereocenters. The number of unbranched alkanes of at least 4 members (excludes halogenated alkanes) is 7. The van der Waals surface area contributed by atoms with Crippen molar-refractivity contribution >= 4 is 10.0 Å². The van der Waals surface area contributed by atoms with E-state index < -0.39 is 10.0 Å². The van der Waals surface area contributed by atoms with Crippen molar-refractivity contribution in [2.24, 2.45) is 0 Å². The Hall–Kier alpha value is -0.130. The number of piperazine rings is 1. The van der Waals surface area contributed by atoms with Crippen LogP contribution in [0.4, 0.5) is 0 Å². The molecule has 0 aromatic heterocycles. The Kier molecular flexibility index (Phi) is 8.95. The molecular formula is C17H37N2O2S+. The van der Waals surface area contributed by atoms with Gasteiger partial charge in [-0.05, 0) is 13.3 Å². The molecule has 1 heterocycles. The summed E-state index contributed by atoms with van der Waals surface area (Å²) in [6, 6.07) is 0. The monoisotopic (exact) mass is 333 g/mol. The van der Waals surface area contributed by atoms with Crippen molar-refractivity contribution in [2.75, 3.05) is 45.5 Å². The van der Waals surface area contributed by atoms with Gasteiger partial charge < -0.3 is 4.48 Å². The van der Waals surface area contributed by atoms with Gasteiger partial charge in [0.05, 0.1) is 45.5 Å². The van der Waals surface area contributed by atoms with Crippen LogP contribution in [0, 0.1) is 0 Å². The summed E-state index contributed by atoms with van der Waals surface area (Å²) in [6.45, 7) is 8.80. The Morgan fingerprint density at radius 2 is 1.36 bits per heavy atom. The molecule has 1 saturated heterocycles. The average molecular weight is 334 g/mol. The highest BCUT2D eigenvalue weighted by atomic mass is 32.2. The van der Waals surface area contributed by atoms with Crippen molar-refractivity contribution in [1.29, 1.82) is 0 Å². The molecule has 0 N–H and O–H groups in total. The lowest BCUT2D eigenvalue weighted by atomic mass is 10.1. The van der Waals surface area contributed by atoms with Crippen LogP contribution in [0.1, 0.15) is 65.2 Å².